The van der Waals surface area contributed by atoms with Crippen LogP contribution in [-0.2, 0) is 6.54 Å². The van der Waals surface area contributed by atoms with Gasteiger partial charge in [0.05, 0.1) is 0 Å². The summed E-state index contributed by atoms with van der Waals surface area (Å²) in [4.78, 5) is 6.71. The second-order valence-corrected chi connectivity index (χ2v) is 4.66. The zero-order chi connectivity index (χ0) is 13.7. The van der Waals surface area contributed by atoms with Crippen LogP contribution in [0.15, 0.2) is 42.6 Å². The van der Waals surface area contributed by atoms with Crippen LogP contribution < -0.4 is 10.2 Å². The van der Waals surface area contributed by atoms with Gasteiger partial charge in [0, 0.05) is 25.5 Å². The second-order valence-electron chi connectivity index (χ2n) is 4.66. The molecule has 0 amide bonds. The monoisotopic (exact) mass is 255 g/mol. The lowest BCUT2D eigenvalue weighted by atomic mass is 10.2. The molecule has 1 N–H and O–H groups in total. The van der Waals surface area contributed by atoms with E-state index in [1.165, 1.54) is 11.1 Å². The van der Waals surface area contributed by atoms with Gasteiger partial charge < -0.3 is 10.2 Å². The van der Waals surface area contributed by atoms with E-state index >= 15 is 0 Å². The summed E-state index contributed by atoms with van der Waals surface area (Å²) in [6.45, 7) is 6.07. The predicted octanol–water partition coefficient (Wildman–Crippen LogP) is 3.27. The molecule has 0 spiro atoms. The molecule has 1 heterocycles. The van der Waals surface area contributed by atoms with Crippen LogP contribution in [0.25, 0.3) is 0 Å². The van der Waals surface area contributed by atoms with Crippen LogP contribution in [-0.4, -0.2) is 18.6 Å². The van der Waals surface area contributed by atoms with Gasteiger partial charge in [-0.05, 0) is 42.8 Å². The number of hydrogen-bond acceptors (Lipinski definition) is 3. The van der Waals surface area contributed by atoms with Gasteiger partial charge in [-0.2, -0.15) is 0 Å². The molecule has 1 aromatic carbocycles. The minimum Gasteiger partial charge on any atom is -0.329 e. The minimum atomic E-state index is 0.875. The van der Waals surface area contributed by atoms with E-state index in [9.17, 15) is 0 Å². The van der Waals surface area contributed by atoms with Crippen LogP contribution >= 0.6 is 0 Å². The zero-order valence-electron chi connectivity index (χ0n) is 11.9. The molecule has 2 rings (SSSR count). The topological polar surface area (TPSA) is 28.2 Å². The number of hydrogen-bond donors (Lipinski definition) is 1. The largest absolute Gasteiger partial charge is 0.329 e. The highest BCUT2D eigenvalue weighted by Gasteiger charge is 2.08. The quantitative estimate of drug-likeness (QED) is 0.888. The van der Waals surface area contributed by atoms with Gasteiger partial charge in [0.1, 0.15) is 5.82 Å². The van der Waals surface area contributed by atoms with E-state index in [4.69, 9.17) is 0 Å². The van der Waals surface area contributed by atoms with Gasteiger partial charge in [0.15, 0.2) is 0 Å². The summed E-state index contributed by atoms with van der Waals surface area (Å²) in [5.74, 6) is 1.01. The summed E-state index contributed by atoms with van der Waals surface area (Å²) >= 11 is 0. The highest BCUT2D eigenvalue weighted by atomic mass is 15.2. The SMILES string of the molecule is CCNCc1cnc(N(C)c2ccccc2)c(C)c1. The van der Waals surface area contributed by atoms with Crippen molar-refractivity contribution in [3.63, 3.8) is 0 Å². The van der Waals surface area contributed by atoms with E-state index in [0.717, 1.165) is 24.6 Å². The number of aromatic nitrogens is 1. The third-order valence-electron chi connectivity index (χ3n) is 3.15. The Morgan fingerprint density at radius 2 is 1.95 bits per heavy atom. The molecule has 19 heavy (non-hydrogen) atoms. The summed E-state index contributed by atoms with van der Waals surface area (Å²) < 4.78 is 0. The molecule has 3 nitrogen and oxygen atoms in total. The minimum absolute atomic E-state index is 0.875. The standard InChI is InChI=1S/C16H21N3/c1-4-17-11-14-10-13(2)16(18-12-14)19(3)15-8-6-5-7-9-15/h5-10,12,17H,4,11H2,1-3H3. The average molecular weight is 255 g/mol. The van der Waals surface area contributed by atoms with Crippen molar-refractivity contribution in [1.29, 1.82) is 0 Å². The van der Waals surface area contributed by atoms with E-state index in [0.29, 0.717) is 0 Å². The molecule has 2 aromatic rings. The molecule has 0 radical (unpaired) electrons. The molecule has 0 aliphatic heterocycles. The Morgan fingerprint density at radius 3 is 2.58 bits per heavy atom. The molecular weight excluding hydrogens is 234 g/mol. The Kier molecular flexibility index (Phi) is 4.53. The number of para-hydroxylation sites is 1. The molecule has 0 unspecified atom stereocenters. The van der Waals surface area contributed by atoms with Crippen molar-refractivity contribution in [3.05, 3.63) is 53.7 Å². The number of pyridine rings is 1. The molecule has 1 aromatic heterocycles. The van der Waals surface area contributed by atoms with Crippen LogP contribution in [0.5, 0.6) is 0 Å². The van der Waals surface area contributed by atoms with Gasteiger partial charge in [-0.25, -0.2) is 4.98 Å². The first kappa shape index (κ1) is 13.6. The maximum absolute atomic E-state index is 4.59. The van der Waals surface area contributed by atoms with Crippen LogP contribution in [0.3, 0.4) is 0 Å². The van der Waals surface area contributed by atoms with Crippen molar-refractivity contribution < 1.29 is 0 Å². The van der Waals surface area contributed by atoms with Gasteiger partial charge in [0.2, 0.25) is 0 Å². The molecule has 100 valence electrons. The Bertz CT molecular complexity index is 523. The molecule has 0 bridgehead atoms. The van der Waals surface area contributed by atoms with Gasteiger partial charge >= 0.3 is 0 Å². The second kappa shape index (κ2) is 6.34. The van der Waals surface area contributed by atoms with E-state index in [1.807, 2.05) is 24.4 Å². The van der Waals surface area contributed by atoms with Crippen LogP contribution in [0.4, 0.5) is 11.5 Å². The maximum atomic E-state index is 4.59. The first-order valence-electron chi connectivity index (χ1n) is 6.67. The van der Waals surface area contributed by atoms with Gasteiger partial charge in [-0.3, -0.25) is 0 Å². The Hall–Kier alpha value is -1.87. The average Bonchev–Trinajstić information content (AvgIpc) is 2.45. The fourth-order valence-corrected chi connectivity index (χ4v) is 2.12. The summed E-state index contributed by atoms with van der Waals surface area (Å²) in [6, 6.07) is 12.5. The third-order valence-corrected chi connectivity index (χ3v) is 3.15. The predicted molar refractivity (Wildman–Crippen MR) is 80.9 cm³/mol. The Morgan fingerprint density at radius 1 is 1.21 bits per heavy atom. The lowest BCUT2D eigenvalue weighted by Crippen LogP contribution is -2.15. The van der Waals surface area contributed by atoms with E-state index < -0.39 is 0 Å². The zero-order valence-corrected chi connectivity index (χ0v) is 11.9. The van der Waals surface area contributed by atoms with Gasteiger partial charge in [0.25, 0.3) is 0 Å². The highest BCUT2D eigenvalue weighted by molar-refractivity contribution is 5.61. The number of nitrogens with zero attached hydrogens (tertiary/aromatic N) is 2. The van der Waals surface area contributed by atoms with Crippen molar-refractivity contribution >= 4 is 11.5 Å². The lowest BCUT2D eigenvalue weighted by Gasteiger charge is -2.20. The number of benzene rings is 1. The highest BCUT2D eigenvalue weighted by Crippen LogP contribution is 2.24. The number of anilines is 2. The molecule has 0 fully saturated rings. The molecule has 0 saturated carbocycles. The van der Waals surface area contributed by atoms with Crippen LogP contribution in [0.1, 0.15) is 18.1 Å². The molecule has 3 heteroatoms. The van der Waals surface area contributed by atoms with Crippen molar-refractivity contribution in [2.24, 2.45) is 0 Å². The Balaban J connectivity index is 2.21. The van der Waals surface area contributed by atoms with Gasteiger partial charge in [-0.1, -0.05) is 25.1 Å². The van der Waals surface area contributed by atoms with E-state index in [-0.39, 0.29) is 0 Å². The first-order chi connectivity index (χ1) is 9.22. The molecule has 0 aliphatic carbocycles. The van der Waals surface area contributed by atoms with Crippen molar-refractivity contribution in [2.75, 3.05) is 18.5 Å². The first-order valence-corrected chi connectivity index (χ1v) is 6.67. The lowest BCUT2D eigenvalue weighted by molar-refractivity contribution is 0.723. The summed E-state index contributed by atoms with van der Waals surface area (Å²) in [6.07, 6.45) is 1.95. The molecule has 0 saturated heterocycles. The van der Waals surface area contributed by atoms with Crippen molar-refractivity contribution in [2.45, 2.75) is 20.4 Å². The van der Waals surface area contributed by atoms with Crippen molar-refractivity contribution in [3.8, 4) is 0 Å². The number of aryl methyl sites for hydroxylation is 1. The van der Waals surface area contributed by atoms with Crippen molar-refractivity contribution in [1.82, 2.24) is 10.3 Å². The van der Waals surface area contributed by atoms with E-state index in [1.54, 1.807) is 0 Å². The summed E-state index contributed by atoms with van der Waals surface area (Å²) in [7, 11) is 2.05. The third kappa shape index (κ3) is 3.32. The summed E-state index contributed by atoms with van der Waals surface area (Å²) in [5, 5.41) is 3.32. The molecule has 0 atom stereocenters. The fourth-order valence-electron chi connectivity index (χ4n) is 2.12. The van der Waals surface area contributed by atoms with Gasteiger partial charge in [-0.15, -0.1) is 0 Å². The fraction of sp³-hybridized carbons (Fsp3) is 0.312. The molecular formula is C16H21N3. The van der Waals surface area contributed by atoms with Crippen LogP contribution in [0, 0.1) is 6.92 Å². The maximum Gasteiger partial charge on any atom is 0.135 e. The Labute approximate surface area is 115 Å². The van der Waals surface area contributed by atoms with Crippen LogP contribution in [0.2, 0.25) is 0 Å². The smallest absolute Gasteiger partial charge is 0.135 e. The normalized spacial score (nSPS) is 10.5. The molecule has 0 aliphatic rings. The van der Waals surface area contributed by atoms with E-state index in [2.05, 4.69) is 54.3 Å². The number of nitrogens with one attached hydrogen (secondary N) is 1. The number of rotatable bonds is 5. The summed E-state index contributed by atoms with van der Waals surface area (Å²) in [5.41, 5.74) is 3.57.